The third kappa shape index (κ3) is 3.94. The highest BCUT2D eigenvalue weighted by Crippen LogP contribution is 2.23. The third-order valence-corrected chi connectivity index (χ3v) is 4.42. The Labute approximate surface area is 147 Å². The Morgan fingerprint density at radius 3 is 2.44 bits per heavy atom. The molecule has 0 aliphatic carbocycles. The molecule has 7 heteroatoms. The van der Waals surface area contributed by atoms with Crippen LogP contribution in [0.1, 0.15) is 10.4 Å². The van der Waals surface area contributed by atoms with Crippen LogP contribution in [0.4, 0.5) is 5.82 Å². The second-order valence-electron chi connectivity index (χ2n) is 5.94. The zero-order valence-electron chi connectivity index (χ0n) is 14.4. The summed E-state index contributed by atoms with van der Waals surface area (Å²) < 4.78 is 0. The van der Waals surface area contributed by atoms with Crippen LogP contribution < -0.4 is 5.32 Å². The van der Waals surface area contributed by atoms with Crippen molar-refractivity contribution in [3.63, 3.8) is 0 Å². The summed E-state index contributed by atoms with van der Waals surface area (Å²) in [7, 11) is 1.81. The summed E-state index contributed by atoms with van der Waals surface area (Å²) in [5, 5.41) is 12.0. The van der Waals surface area contributed by atoms with Gasteiger partial charge in [0, 0.05) is 63.3 Å². The molecule has 2 heterocycles. The Morgan fingerprint density at radius 1 is 1.12 bits per heavy atom. The van der Waals surface area contributed by atoms with Crippen LogP contribution in [0.3, 0.4) is 0 Å². The summed E-state index contributed by atoms with van der Waals surface area (Å²) in [6, 6.07) is 7.48. The minimum atomic E-state index is 0.0446. The normalized spacial score (nSPS) is 15.2. The van der Waals surface area contributed by atoms with E-state index in [1.54, 1.807) is 12.4 Å². The molecule has 7 nitrogen and oxygen atoms in total. The van der Waals surface area contributed by atoms with Crippen LogP contribution in [0.5, 0.6) is 0 Å². The van der Waals surface area contributed by atoms with E-state index in [2.05, 4.69) is 20.2 Å². The van der Waals surface area contributed by atoms with Crippen LogP contribution in [-0.4, -0.2) is 77.2 Å². The van der Waals surface area contributed by atoms with Crippen LogP contribution in [0.25, 0.3) is 11.3 Å². The smallest absolute Gasteiger partial charge is 0.253 e. The molecule has 2 N–H and O–H groups in total. The minimum absolute atomic E-state index is 0.0446. The number of hydrogen-bond acceptors (Lipinski definition) is 6. The number of rotatable bonds is 5. The molecule has 0 radical (unpaired) electrons. The fourth-order valence-corrected chi connectivity index (χ4v) is 3.00. The molecule has 0 spiro atoms. The van der Waals surface area contributed by atoms with Gasteiger partial charge in [-0.3, -0.25) is 14.7 Å². The van der Waals surface area contributed by atoms with Crippen molar-refractivity contribution in [1.29, 1.82) is 0 Å². The topological polar surface area (TPSA) is 81.6 Å². The molecule has 132 valence electrons. The van der Waals surface area contributed by atoms with Gasteiger partial charge in [0.05, 0.1) is 6.61 Å². The number of aromatic nitrogens is 2. The Bertz CT molecular complexity index is 712. The zero-order chi connectivity index (χ0) is 17.6. The van der Waals surface area contributed by atoms with E-state index in [-0.39, 0.29) is 12.5 Å². The molecule has 3 rings (SSSR count). The molecule has 1 amide bonds. The van der Waals surface area contributed by atoms with Crippen molar-refractivity contribution >= 4 is 11.7 Å². The van der Waals surface area contributed by atoms with Crippen molar-refractivity contribution in [1.82, 2.24) is 19.8 Å². The van der Waals surface area contributed by atoms with Crippen LogP contribution in [0.15, 0.2) is 36.7 Å². The molecule has 0 bridgehead atoms. The number of nitrogens with zero attached hydrogens (tertiary/aromatic N) is 4. The Balaban J connectivity index is 1.69. The van der Waals surface area contributed by atoms with Gasteiger partial charge < -0.3 is 15.3 Å². The Morgan fingerprint density at radius 2 is 1.80 bits per heavy atom. The number of nitrogens with one attached hydrogen (secondary N) is 1. The molecule has 0 atom stereocenters. The number of aliphatic hydroxyl groups is 1. The van der Waals surface area contributed by atoms with Gasteiger partial charge in [-0.2, -0.15) is 0 Å². The van der Waals surface area contributed by atoms with E-state index in [1.807, 2.05) is 36.2 Å². The lowest BCUT2D eigenvalue weighted by Gasteiger charge is -2.34. The number of aliphatic hydroxyl groups excluding tert-OH is 1. The fraction of sp³-hybridized carbons (Fsp3) is 0.389. The SMILES string of the molecule is CNc1nccnc1-c1ccc(C(=O)N2CCN(CCO)CC2)cc1. The number of amides is 1. The van der Waals surface area contributed by atoms with E-state index < -0.39 is 0 Å². The number of β-amino-alcohol motifs (C(OH)–C–C–N with tert-alkyl or cyclic N) is 1. The highest BCUT2D eigenvalue weighted by molar-refractivity contribution is 5.95. The Kier molecular flexibility index (Phi) is 5.57. The van der Waals surface area contributed by atoms with Gasteiger partial charge in [-0.15, -0.1) is 0 Å². The van der Waals surface area contributed by atoms with Gasteiger partial charge in [0.1, 0.15) is 5.69 Å². The predicted molar refractivity (Wildman–Crippen MR) is 96.4 cm³/mol. The summed E-state index contributed by atoms with van der Waals surface area (Å²) in [5.41, 5.74) is 2.36. The summed E-state index contributed by atoms with van der Waals surface area (Å²) in [4.78, 5) is 25.3. The fourth-order valence-electron chi connectivity index (χ4n) is 3.00. The van der Waals surface area contributed by atoms with Gasteiger partial charge in [-0.05, 0) is 12.1 Å². The lowest BCUT2D eigenvalue weighted by molar-refractivity contribution is 0.0615. The van der Waals surface area contributed by atoms with Gasteiger partial charge in [-0.1, -0.05) is 12.1 Å². The number of anilines is 1. The molecule has 2 aromatic rings. The van der Waals surface area contributed by atoms with Gasteiger partial charge in [0.2, 0.25) is 0 Å². The first-order chi connectivity index (χ1) is 12.2. The molecular formula is C18H23N5O2. The number of carbonyl (C=O) groups is 1. The lowest BCUT2D eigenvalue weighted by Crippen LogP contribution is -2.49. The second kappa shape index (κ2) is 8.04. The quantitative estimate of drug-likeness (QED) is 0.842. The monoisotopic (exact) mass is 341 g/mol. The number of hydrogen-bond donors (Lipinski definition) is 2. The van der Waals surface area contributed by atoms with Crippen molar-refractivity contribution in [3.05, 3.63) is 42.2 Å². The average Bonchev–Trinajstić information content (AvgIpc) is 2.68. The lowest BCUT2D eigenvalue weighted by atomic mass is 10.1. The molecule has 1 aromatic carbocycles. The first-order valence-electron chi connectivity index (χ1n) is 8.44. The maximum absolute atomic E-state index is 12.7. The van der Waals surface area contributed by atoms with Crippen molar-refractivity contribution in [2.24, 2.45) is 0 Å². The van der Waals surface area contributed by atoms with Crippen molar-refractivity contribution < 1.29 is 9.90 Å². The Hall–Kier alpha value is -2.51. The van der Waals surface area contributed by atoms with Gasteiger partial charge in [0.25, 0.3) is 5.91 Å². The van der Waals surface area contributed by atoms with Crippen LogP contribution in [0.2, 0.25) is 0 Å². The summed E-state index contributed by atoms with van der Waals surface area (Å²) >= 11 is 0. The first kappa shape index (κ1) is 17.3. The number of carbonyl (C=O) groups excluding carboxylic acids is 1. The average molecular weight is 341 g/mol. The largest absolute Gasteiger partial charge is 0.395 e. The predicted octanol–water partition coefficient (Wildman–Crippen LogP) is 0.935. The molecule has 1 aromatic heterocycles. The highest BCUT2D eigenvalue weighted by atomic mass is 16.3. The van der Waals surface area contributed by atoms with E-state index in [0.717, 1.165) is 24.3 Å². The standard InChI is InChI=1S/C18H23N5O2/c1-19-17-16(20-6-7-21-17)14-2-4-15(5-3-14)18(25)23-10-8-22(9-11-23)12-13-24/h2-7,24H,8-13H2,1H3,(H,19,21). The number of benzene rings is 1. The number of piperazine rings is 1. The molecule has 1 aliphatic heterocycles. The van der Waals surface area contributed by atoms with Crippen LogP contribution >= 0.6 is 0 Å². The first-order valence-corrected chi connectivity index (χ1v) is 8.44. The van der Waals surface area contributed by atoms with E-state index in [0.29, 0.717) is 31.0 Å². The molecule has 1 aliphatic rings. The molecule has 1 saturated heterocycles. The minimum Gasteiger partial charge on any atom is -0.395 e. The van der Waals surface area contributed by atoms with Crippen molar-refractivity contribution in [2.75, 3.05) is 51.7 Å². The summed E-state index contributed by atoms with van der Waals surface area (Å²) in [5.74, 6) is 0.754. The highest BCUT2D eigenvalue weighted by Gasteiger charge is 2.21. The van der Waals surface area contributed by atoms with E-state index in [1.165, 1.54) is 0 Å². The van der Waals surface area contributed by atoms with Crippen molar-refractivity contribution in [3.8, 4) is 11.3 Å². The molecular weight excluding hydrogens is 318 g/mol. The second-order valence-corrected chi connectivity index (χ2v) is 5.94. The van der Waals surface area contributed by atoms with E-state index in [4.69, 9.17) is 5.11 Å². The maximum atomic E-state index is 12.7. The zero-order valence-corrected chi connectivity index (χ0v) is 14.4. The van der Waals surface area contributed by atoms with E-state index >= 15 is 0 Å². The van der Waals surface area contributed by atoms with Gasteiger partial charge >= 0.3 is 0 Å². The van der Waals surface area contributed by atoms with Gasteiger partial charge in [-0.25, -0.2) is 4.98 Å². The van der Waals surface area contributed by atoms with Gasteiger partial charge in [0.15, 0.2) is 5.82 Å². The molecule has 0 saturated carbocycles. The van der Waals surface area contributed by atoms with E-state index in [9.17, 15) is 4.79 Å². The van der Waals surface area contributed by atoms with Crippen LogP contribution in [-0.2, 0) is 0 Å². The third-order valence-electron chi connectivity index (χ3n) is 4.42. The summed E-state index contributed by atoms with van der Waals surface area (Å²) in [6.07, 6.45) is 3.30. The van der Waals surface area contributed by atoms with Crippen LogP contribution in [0, 0.1) is 0 Å². The molecule has 25 heavy (non-hydrogen) atoms. The summed E-state index contributed by atoms with van der Waals surface area (Å²) in [6.45, 7) is 3.81. The molecule has 1 fully saturated rings. The molecule has 0 unspecified atom stereocenters. The van der Waals surface area contributed by atoms with Crippen molar-refractivity contribution in [2.45, 2.75) is 0 Å². The maximum Gasteiger partial charge on any atom is 0.253 e.